The maximum atomic E-state index is 11.3. The van der Waals surface area contributed by atoms with Crippen LogP contribution in [0.1, 0.15) is 11.5 Å². The van der Waals surface area contributed by atoms with Crippen molar-refractivity contribution in [2.75, 3.05) is 7.11 Å². The van der Waals surface area contributed by atoms with E-state index >= 15 is 0 Å². The summed E-state index contributed by atoms with van der Waals surface area (Å²) in [4.78, 5) is 11.3. The first-order valence-electron chi connectivity index (χ1n) is 6.48. The van der Waals surface area contributed by atoms with Crippen LogP contribution < -0.4 is 10.5 Å². The molecule has 0 saturated heterocycles. The van der Waals surface area contributed by atoms with Crippen molar-refractivity contribution in [3.05, 3.63) is 51.9 Å². The van der Waals surface area contributed by atoms with Gasteiger partial charge >= 0.3 is 5.97 Å². The van der Waals surface area contributed by atoms with E-state index in [-0.39, 0.29) is 13.0 Å². The van der Waals surface area contributed by atoms with Crippen molar-refractivity contribution in [2.24, 2.45) is 5.73 Å². The average molecular weight is 344 g/mol. The van der Waals surface area contributed by atoms with Gasteiger partial charge in [-0.1, -0.05) is 23.2 Å². The van der Waals surface area contributed by atoms with Crippen LogP contribution in [-0.4, -0.2) is 19.1 Å². The van der Waals surface area contributed by atoms with E-state index in [0.717, 1.165) is 0 Å². The SMILES string of the molecule is COC(=O)C(N)Cc1ccc(COc2ccc(Cl)cc2Cl)o1. The maximum Gasteiger partial charge on any atom is 0.323 e. The van der Waals surface area contributed by atoms with Gasteiger partial charge in [-0.05, 0) is 30.3 Å². The van der Waals surface area contributed by atoms with E-state index in [1.165, 1.54) is 7.11 Å². The van der Waals surface area contributed by atoms with E-state index in [1.54, 1.807) is 30.3 Å². The minimum atomic E-state index is -0.754. The Morgan fingerprint density at radius 3 is 2.68 bits per heavy atom. The molecule has 22 heavy (non-hydrogen) atoms. The summed E-state index contributed by atoms with van der Waals surface area (Å²) in [5.74, 6) is 1.20. The van der Waals surface area contributed by atoms with Gasteiger partial charge in [0.1, 0.15) is 29.9 Å². The quantitative estimate of drug-likeness (QED) is 0.815. The topological polar surface area (TPSA) is 74.7 Å². The molecule has 0 radical (unpaired) electrons. The largest absolute Gasteiger partial charge is 0.484 e. The molecule has 0 saturated carbocycles. The summed E-state index contributed by atoms with van der Waals surface area (Å²) >= 11 is 11.8. The van der Waals surface area contributed by atoms with Crippen LogP contribution in [0.15, 0.2) is 34.7 Å². The highest BCUT2D eigenvalue weighted by molar-refractivity contribution is 6.35. The number of carbonyl (C=O) groups excluding carboxylic acids is 1. The van der Waals surface area contributed by atoms with Crippen LogP contribution in [0.5, 0.6) is 5.75 Å². The molecule has 1 aromatic heterocycles. The van der Waals surface area contributed by atoms with Gasteiger partial charge in [-0.15, -0.1) is 0 Å². The van der Waals surface area contributed by atoms with Crippen molar-refractivity contribution < 1.29 is 18.7 Å². The van der Waals surface area contributed by atoms with E-state index in [0.29, 0.717) is 27.3 Å². The number of ether oxygens (including phenoxy) is 2. The van der Waals surface area contributed by atoms with Crippen LogP contribution in [0, 0.1) is 0 Å². The zero-order valence-electron chi connectivity index (χ0n) is 11.8. The van der Waals surface area contributed by atoms with E-state index < -0.39 is 12.0 Å². The minimum Gasteiger partial charge on any atom is -0.484 e. The number of rotatable bonds is 6. The second kappa shape index (κ2) is 7.54. The predicted octanol–water partition coefficient (Wildman–Crippen LogP) is 3.21. The summed E-state index contributed by atoms with van der Waals surface area (Å²) in [6.07, 6.45) is 0.258. The summed E-state index contributed by atoms with van der Waals surface area (Å²) in [7, 11) is 1.29. The van der Waals surface area contributed by atoms with Crippen LogP contribution in [-0.2, 0) is 22.6 Å². The number of nitrogens with two attached hydrogens (primary N) is 1. The normalized spacial score (nSPS) is 12.0. The van der Waals surface area contributed by atoms with Gasteiger partial charge in [-0.25, -0.2) is 0 Å². The van der Waals surface area contributed by atoms with Crippen LogP contribution in [0.4, 0.5) is 0 Å². The maximum absolute atomic E-state index is 11.3. The van der Waals surface area contributed by atoms with Crippen LogP contribution in [0.25, 0.3) is 0 Å². The molecule has 0 aliphatic rings. The van der Waals surface area contributed by atoms with Gasteiger partial charge in [0, 0.05) is 11.4 Å². The number of carbonyl (C=O) groups is 1. The molecule has 1 aromatic carbocycles. The second-order valence-corrected chi connectivity index (χ2v) is 5.41. The molecule has 0 fully saturated rings. The number of halogens is 2. The molecule has 0 aliphatic carbocycles. The lowest BCUT2D eigenvalue weighted by Gasteiger charge is -2.07. The monoisotopic (exact) mass is 343 g/mol. The van der Waals surface area contributed by atoms with Gasteiger partial charge < -0.3 is 19.6 Å². The van der Waals surface area contributed by atoms with E-state index in [2.05, 4.69) is 4.74 Å². The predicted molar refractivity (Wildman–Crippen MR) is 83.2 cm³/mol. The number of esters is 1. The number of furan rings is 1. The van der Waals surface area contributed by atoms with Gasteiger partial charge in [0.15, 0.2) is 0 Å². The van der Waals surface area contributed by atoms with Gasteiger partial charge in [0.25, 0.3) is 0 Å². The molecular formula is C15H15Cl2NO4. The van der Waals surface area contributed by atoms with Crippen molar-refractivity contribution in [3.8, 4) is 5.75 Å². The van der Waals surface area contributed by atoms with Crippen LogP contribution in [0.2, 0.25) is 10.0 Å². The highest BCUT2D eigenvalue weighted by Crippen LogP contribution is 2.28. The zero-order chi connectivity index (χ0) is 16.1. The van der Waals surface area contributed by atoms with Crippen molar-refractivity contribution >= 4 is 29.2 Å². The number of benzene rings is 1. The summed E-state index contributed by atoms with van der Waals surface area (Å²) in [6, 6.07) is 7.71. The zero-order valence-corrected chi connectivity index (χ0v) is 13.4. The molecule has 5 nitrogen and oxygen atoms in total. The van der Waals surface area contributed by atoms with E-state index in [4.69, 9.17) is 38.1 Å². The third kappa shape index (κ3) is 4.40. The molecule has 0 amide bonds. The molecule has 1 heterocycles. The number of hydrogen-bond donors (Lipinski definition) is 1. The fourth-order valence-corrected chi connectivity index (χ4v) is 2.27. The van der Waals surface area contributed by atoms with Crippen molar-refractivity contribution in [1.82, 2.24) is 0 Å². The summed E-state index contributed by atoms with van der Waals surface area (Å²) in [5, 5.41) is 0.960. The van der Waals surface area contributed by atoms with Crippen molar-refractivity contribution in [3.63, 3.8) is 0 Å². The lowest BCUT2D eigenvalue weighted by molar-refractivity contribution is -0.142. The Morgan fingerprint density at radius 1 is 1.27 bits per heavy atom. The second-order valence-electron chi connectivity index (χ2n) is 4.57. The van der Waals surface area contributed by atoms with Crippen molar-refractivity contribution in [1.29, 1.82) is 0 Å². The van der Waals surface area contributed by atoms with Gasteiger partial charge in [-0.2, -0.15) is 0 Å². The molecule has 0 aliphatic heterocycles. The highest BCUT2D eigenvalue weighted by atomic mass is 35.5. The summed E-state index contributed by atoms with van der Waals surface area (Å²) in [5.41, 5.74) is 5.67. The molecule has 2 aromatic rings. The van der Waals surface area contributed by atoms with Gasteiger partial charge in [0.05, 0.1) is 12.1 Å². The van der Waals surface area contributed by atoms with Crippen LogP contribution >= 0.6 is 23.2 Å². The Balaban J connectivity index is 1.93. The van der Waals surface area contributed by atoms with E-state index in [9.17, 15) is 4.79 Å². The molecule has 2 N–H and O–H groups in total. The fraction of sp³-hybridized carbons (Fsp3) is 0.267. The van der Waals surface area contributed by atoms with Crippen LogP contribution in [0.3, 0.4) is 0 Å². The Morgan fingerprint density at radius 2 is 2.00 bits per heavy atom. The molecule has 118 valence electrons. The molecule has 1 atom stereocenters. The molecule has 0 bridgehead atoms. The number of methoxy groups -OCH3 is 1. The first-order chi connectivity index (χ1) is 10.5. The summed E-state index contributed by atoms with van der Waals surface area (Å²) < 4.78 is 15.7. The van der Waals surface area contributed by atoms with Gasteiger partial charge in [-0.3, -0.25) is 4.79 Å². The molecule has 0 spiro atoms. The Hall–Kier alpha value is -1.69. The van der Waals surface area contributed by atoms with Gasteiger partial charge in [0.2, 0.25) is 0 Å². The lowest BCUT2D eigenvalue weighted by Crippen LogP contribution is -2.33. The Labute approximate surface area is 137 Å². The molecular weight excluding hydrogens is 329 g/mol. The van der Waals surface area contributed by atoms with Crippen molar-refractivity contribution in [2.45, 2.75) is 19.1 Å². The average Bonchev–Trinajstić information content (AvgIpc) is 2.93. The fourth-order valence-electron chi connectivity index (χ4n) is 1.80. The smallest absolute Gasteiger partial charge is 0.323 e. The summed E-state index contributed by atoms with van der Waals surface area (Å²) in [6.45, 7) is 0.203. The molecule has 1 unspecified atom stereocenters. The van der Waals surface area contributed by atoms with E-state index in [1.807, 2.05) is 0 Å². The minimum absolute atomic E-state index is 0.203. The third-order valence-electron chi connectivity index (χ3n) is 2.91. The first kappa shape index (κ1) is 16.7. The number of hydrogen-bond acceptors (Lipinski definition) is 5. The Kier molecular flexibility index (Phi) is 5.71. The standard InChI is InChI=1S/C15H15Cl2NO4/c1-20-15(19)13(18)7-10-3-4-11(22-10)8-21-14-5-2-9(16)6-12(14)17/h2-6,13H,7-8,18H2,1H3. The third-order valence-corrected chi connectivity index (χ3v) is 3.44. The molecule has 2 rings (SSSR count). The first-order valence-corrected chi connectivity index (χ1v) is 7.24. The molecule has 7 heteroatoms. The highest BCUT2D eigenvalue weighted by Gasteiger charge is 2.16. The lowest BCUT2D eigenvalue weighted by atomic mass is 10.2. The Bertz CT molecular complexity index is 657.